The van der Waals surface area contributed by atoms with Gasteiger partial charge in [-0.1, -0.05) is 41.9 Å². The number of amides is 2. The number of para-hydroxylation sites is 1. The zero-order valence-electron chi connectivity index (χ0n) is 23.7. The molecule has 11 heteroatoms. The number of carbonyl (C=O) groups is 2. The molecule has 5 rings (SSSR count). The predicted octanol–water partition coefficient (Wildman–Crippen LogP) is 5.24. The topological polar surface area (TPSA) is 115 Å². The van der Waals surface area contributed by atoms with Crippen LogP contribution in [0.15, 0.2) is 85.1 Å². The van der Waals surface area contributed by atoms with Crippen molar-refractivity contribution in [2.45, 2.75) is 38.9 Å². The minimum absolute atomic E-state index is 0.275. The van der Waals surface area contributed by atoms with Crippen LogP contribution in [-0.2, 0) is 16.1 Å². The van der Waals surface area contributed by atoms with E-state index in [2.05, 4.69) is 25.7 Å². The fourth-order valence-electron chi connectivity index (χ4n) is 4.49. The zero-order valence-corrected chi connectivity index (χ0v) is 24.4. The van der Waals surface area contributed by atoms with Crippen molar-refractivity contribution in [3.63, 3.8) is 0 Å². The standard InChI is InChI=1S/C31H30ClN7O3/c1-31(2,3)34-30(41)28(20-11-15-25(42-4)16-12-20)39(24-17-22-7-5-6-8-26(22)33-18-24)27(40)19-38-36-29(35-37-38)21-9-13-23(32)14-10-21/h5-18,28H,19H2,1-4H3,(H,34,41)/t28-/m0/s1. The molecule has 5 aromatic rings. The number of tetrazole rings is 1. The second-order valence-electron chi connectivity index (χ2n) is 10.7. The fourth-order valence-corrected chi connectivity index (χ4v) is 4.62. The summed E-state index contributed by atoms with van der Waals surface area (Å²) >= 11 is 6.01. The summed E-state index contributed by atoms with van der Waals surface area (Å²) < 4.78 is 5.33. The van der Waals surface area contributed by atoms with E-state index in [1.807, 2.05) is 51.1 Å². The van der Waals surface area contributed by atoms with Crippen LogP contribution in [0.25, 0.3) is 22.3 Å². The molecule has 0 saturated carbocycles. The maximum Gasteiger partial charge on any atom is 0.251 e. The molecule has 0 aliphatic rings. The molecule has 0 aliphatic carbocycles. The quantitative estimate of drug-likeness (QED) is 0.266. The number of methoxy groups -OCH3 is 1. The number of hydrogen-bond acceptors (Lipinski definition) is 7. The number of pyridine rings is 1. The van der Waals surface area contributed by atoms with E-state index in [4.69, 9.17) is 16.3 Å². The van der Waals surface area contributed by atoms with E-state index in [-0.39, 0.29) is 12.5 Å². The van der Waals surface area contributed by atoms with Gasteiger partial charge >= 0.3 is 0 Å². The lowest BCUT2D eigenvalue weighted by Crippen LogP contribution is -2.50. The van der Waals surface area contributed by atoms with Crippen LogP contribution >= 0.6 is 11.6 Å². The van der Waals surface area contributed by atoms with Gasteiger partial charge < -0.3 is 10.1 Å². The highest BCUT2D eigenvalue weighted by Crippen LogP contribution is 2.31. The van der Waals surface area contributed by atoms with Gasteiger partial charge in [-0.3, -0.25) is 19.5 Å². The van der Waals surface area contributed by atoms with E-state index in [0.717, 1.165) is 10.9 Å². The number of halogens is 1. The van der Waals surface area contributed by atoms with E-state index in [1.54, 1.807) is 61.8 Å². The summed E-state index contributed by atoms with van der Waals surface area (Å²) in [6.07, 6.45) is 1.59. The summed E-state index contributed by atoms with van der Waals surface area (Å²) in [7, 11) is 1.57. The Bertz CT molecular complexity index is 1710. The largest absolute Gasteiger partial charge is 0.497 e. The first kappa shape index (κ1) is 28.7. The number of carbonyl (C=O) groups excluding carboxylic acids is 2. The molecule has 2 aromatic heterocycles. The Morgan fingerprint density at radius 2 is 1.74 bits per heavy atom. The normalized spacial score (nSPS) is 12.1. The summed E-state index contributed by atoms with van der Waals surface area (Å²) in [5.74, 6) is 0.177. The van der Waals surface area contributed by atoms with Gasteiger partial charge in [-0.05, 0) is 80.1 Å². The Morgan fingerprint density at radius 3 is 2.43 bits per heavy atom. The zero-order chi connectivity index (χ0) is 29.9. The molecule has 0 saturated heterocycles. The summed E-state index contributed by atoms with van der Waals surface area (Å²) in [5.41, 5.74) is 1.95. The highest BCUT2D eigenvalue weighted by molar-refractivity contribution is 6.30. The van der Waals surface area contributed by atoms with Crippen molar-refractivity contribution in [2.75, 3.05) is 12.0 Å². The summed E-state index contributed by atoms with van der Waals surface area (Å²) in [5, 5.41) is 17.1. The molecule has 0 bridgehead atoms. The number of rotatable bonds is 8. The van der Waals surface area contributed by atoms with Crippen LogP contribution in [-0.4, -0.2) is 49.7 Å². The lowest BCUT2D eigenvalue weighted by atomic mass is 10.0. The molecule has 2 amide bonds. The van der Waals surface area contributed by atoms with Crippen LogP contribution in [0, 0.1) is 0 Å². The molecule has 0 aliphatic heterocycles. The molecule has 214 valence electrons. The second-order valence-corrected chi connectivity index (χ2v) is 11.2. The maximum absolute atomic E-state index is 14.2. The summed E-state index contributed by atoms with van der Waals surface area (Å²) in [6, 6.07) is 22.4. The third kappa shape index (κ3) is 6.55. The van der Waals surface area contributed by atoms with Crippen LogP contribution in [0.5, 0.6) is 5.75 Å². The van der Waals surface area contributed by atoms with Gasteiger partial charge in [-0.15, -0.1) is 10.2 Å². The molecular weight excluding hydrogens is 554 g/mol. The van der Waals surface area contributed by atoms with Gasteiger partial charge in [0.2, 0.25) is 11.7 Å². The van der Waals surface area contributed by atoms with Gasteiger partial charge in [0.25, 0.3) is 5.91 Å². The first-order valence-corrected chi connectivity index (χ1v) is 13.7. The first-order chi connectivity index (χ1) is 20.1. The number of benzene rings is 3. The number of hydrogen-bond donors (Lipinski definition) is 1. The van der Waals surface area contributed by atoms with Gasteiger partial charge in [0.05, 0.1) is 24.5 Å². The van der Waals surface area contributed by atoms with Crippen molar-refractivity contribution in [1.29, 1.82) is 0 Å². The predicted molar refractivity (Wildman–Crippen MR) is 161 cm³/mol. The third-order valence-corrected chi connectivity index (χ3v) is 6.64. The van der Waals surface area contributed by atoms with Gasteiger partial charge in [-0.25, -0.2) is 0 Å². The Labute approximate surface area is 248 Å². The number of nitrogens with zero attached hydrogens (tertiary/aromatic N) is 6. The molecule has 3 aromatic carbocycles. The van der Waals surface area contributed by atoms with Crippen molar-refractivity contribution in [2.24, 2.45) is 0 Å². The van der Waals surface area contributed by atoms with E-state index < -0.39 is 17.5 Å². The van der Waals surface area contributed by atoms with Crippen molar-refractivity contribution in [3.05, 3.63) is 95.6 Å². The van der Waals surface area contributed by atoms with E-state index in [0.29, 0.717) is 33.4 Å². The van der Waals surface area contributed by atoms with Crippen LogP contribution in [0.3, 0.4) is 0 Å². The smallest absolute Gasteiger partial charge is 0.251 e. The molecule has 0 fully saturated rings. The SMILES string of the molecule is COc1ccc([C@@H](C(=O)NC(C)(C)C)N(C(=O)Cn2nnc(-c3ccc(Cl)cc3)n2)c2cnc3ccccc3c2)cc1. The average molecular weight is 584 g/mol. The minimum Gasteiger partial charge on any atom is -0.497 e. The monoisotopic (exact) mass is 583 g/mol. The van der Waals surface area contributed by atoms with E-state index in [1.165, 1.54) is 9.70 Å². The Morgan fingerprint density at radius 1 is 1.02 bits per heavy atom. The van der Waals surface area contributed by atoms with Crippen molar-refractivity contribution in [3.8, 4) is 17.1 Å². The van der Waals surface area contributed by atoms with Crippen LogP contribution in [0.1, 0.15) is 32.4 Å². The molecule has 0 spiro atoms. The second kappa shape index (κ2) is 12.0. The summed E-state index contributed by atoms with van der Waals surface area (Å²) in [4.78, 5) is 35.4. The average Bonchev–Trinajstić information content (AvgIpc) is 3.43. The molecule has 2 heterocycles. The molecule has 0 radical (unpaired) electrons. The first-order valence-electron chi connectivity index (χ1n) is 13.3. The number of ether oxygens (including phenoxy) is 1. The van der Waals surface area contributed by atoms with E-state index >= 15 is 0 Å². The van der Waals surface area contributed by atoms with Crippen molar-refractivity contribution in [1.82, 2.24) is 30.5 Å². The lowest BCUT2D eigenvalue weighted by molar-refractivity contribution is -0.128. The maximum atomic E-state index is 14.2. The van der Waals surface area contributed by atoms with Gasteiger partial charge in [0, 0.05) is 21.5 Å². The highest BCUT2D eigenvalue weighted by Gasteiger charge is 2.35. The van der Waals surface area contributed by atoms with Gasteiger partial charge in [0.1, 0.15) is 18.3 Å². The Hall–Kier alpha value is -4.83. The highest BCUT2D eigenvalue weighted by atomic mass is 35.5. The molecule has 1 atom stereocenters. The van der Waals surface area contributed by atoms with Crippen molar-refractivity contribution < 1.29 is 14.3 Å². The molecule has 10 nitrogen and oxygen atoms in total. The minimum atomic E-state index is -1.04. The number of anilines is 1. The number of aromatic nitrogens is 5. The lowest BCUT2D eigenvalue weighted by Gasteiger charge is -2.33. The third-order valence-electron chi connectivity index (χ3n) is 6.39. The van der Waals surface area contributed by atoms with Crippen LogP contribution in [0.4, 0.5) is 5.69 Å². The van der Waals surface area contributed by atoms with E-state index in [9.17, 15) is 9.59 Å². The fraction of sp³-hybridized carbons (Fsp3) is 0.226. The van der Waals surface area contributed by atoms with Crippen LogP contribution < -0.4 is 15.0 Å². The summed E-state index contributed by atoms with van der Waals surface area (Å²) in [6.45, 7) is 5.38. The molecular formula is C31H30ClN7O3. The molecule has 42 heavy (non-hydrogen) atoms. The van der Waals surface area contributed by atoms with Crippen molar-refractivity contribution >= 4 is 40.0 Å². The molecule has 1 N–H and O–H groups in total. The number of nitrogens with one attached hydrogen (secondary N) is 1. The number of fused-ring (bicyclic) bond motifs is 1. The van der Waals surface area contributed by atoms with Gasteiger partial charge in [0.15, 0.2) is 0 Å². The van der Waals surface area contributed by atoms with Crippen LogP contribution in [0.2, 0.25) is 5.02 Å². The molecule has 0 unspecified atom stereocenters. The Kier molecular flexibility index (Phi) is 8.17. The van der Waals surface area contributed by atoms with Gasteiger partial charge in [-0.2, -0.15) is 4.80 Å². The Balaban J connectivity index is 1.58.